The number of nitrogens with one attached hydrogen (secondary N) is 1. The van der Waals surface area contributed by atoms with Crippen LogP contribution < -0.4 is 14.2 Å². The second-order valence-electron chi connectivity index (χ2n) is 9.39. The van der Waals surface area contributed by atoms with Gasteiger partial charge < -0.3 is 9.47 Å². The highest BCUT2D eigenvalue weighted by atomic mass is 32.2. The number of amides is 1. The average molecular weight is 493 g/mol. The predicted octanol–water partition coefficient (Wildman–Crippen LogP) is 4.68. The van der Waals surface area contributed by atoms with Crippen molar-refractivity contribution in [1.29, 1.82) is 0 Å². The molecule has 1 heterocycles. The molecule has 2 saturated carbocycles. The summed E-state index contributed by atoms with van der Waals surface area (Å²) in [6, 6.07) is 17.0. The van der Waals surface area contributed by atoms with Crippen molar-refractivity contribution in [1.82, 2.24) is 9.71 Å². The van der Waals surface area contributed by atoms with E-state index in [0.717, 1.165) is 35.3 Å². The highest BCUT2D eigenvalue weighted by Gasteiger charge is 2.25. The van der Waals surface area contributed by atoms with Gasteiger partial charge in [0.25, 0.3) is 5.91 Å². The van der Waals surface area contributed by atoms with E-state index in [4.69, 9.17) is 9.47 Å². The molecule has 2 aliphatic rings. The van der Waals surface area contributed by atoms with Crippen LogP contribution in [0, 0.1) is 5.92 Å². The first kappa shape index (κ1) is 23.4. The van der Waals surface area contributed by atoms with Gasteiger partial charge in [-0.2, -0.15) is 0 Å². The van der Waals surface area contributed by atoms with Crippen LogP contribution in [0.3, 0.4) is 0 Å². The van der Waals surface area contributed by atoms with E-state index in [0.29, 0.717) is 24.3 Å². The molecule has 0 aliphatic heterocycles. The third-order valence-corrected chi connectivity index (χ3v) is 6.67. The molecule has 2 aromatic carbocycles. The van der Waals surface area contributed by atoms with Crippen LogP contribution in [0.15, 0.2) is 60.8 Å². The first-order valence-corrected chi connectivity index (χ1v) is 13.7. The number of sulfonamides is 1. The molecule has 0 spiro atoms. The van der Waals surface area contributed by atoms with E-state index < -0.39 is 15.9 Å². The Morgan fingerprint density at radius 1 is 0.971 bits per heavy atom. The highest BCUT2D eigenvalue weighted by molar-refractivity contribution is 7.89. The molecule has 182 valence electrons. The van der Waals surface area contributed by atoms with Crippen LogP contribution in [0.4, 0.5) is 0 Å². The normalized spacial score (nSPS) is 15.5. The molecule has 3 aromatic rings. The molecule has 0 saturated heterocycles. The molecule has 5 rings (SSSR count). The fraction of sp³-hybridized carbons (Fsp3) is 0.333. The second kappa shape index (κ2) is 9.70. The molecule has 1 aromatic heterocycles. The molecule has 0 atom stereocenters. The van der Waals surface area contributed by atoms with Crippen molar-refractivity contribution in [2.45, 2.75) is 38.2 Å². The number of ether oxygens (including phenoxy) is 2. The summed E-state index contributed by atoms with van der Waals surface area (Å²) in [5, 5.41) is 0. The Kier molecular flexibility index (Phi) is 6.47. The van der Waals surface area contributed by atoms with Crippen molar-refractivity contribution < 1.29 is 22.7 Å². The molecule has 2 aliphatic carbocycles. The largest absolute Gasteiger partial charge is 0.489 e. The Hall–Kier alpha value is -3.39. The number of nitrogens with zero attached hydrogens (tertiary/aromatic N) is 1. The Labute approximate surface area is 205 Å². The van der Waals surface area contributed by atoms with E-state index in [1.165, 1.54) is 31.2 Å². The van der Waals surface area contributed by atoms with Crippen molar-refractivity contribution in [2.24, 2.45) is 5.92 Å². The molecule has 7 nitrogen and oxygen atoms in total. The van der Waals surface area contributed by atoms with Gasteiger partial charge in [-0.15, -0.1) is 0 Å². The molecular weight excluding hydrogens is 464 g/mol. The third-order valence-electron chi connectivity index (χ3n) is 6.11. The second-order valence-corrected chi connectivity index (χ2v) is 11.1. The molecule has 0 radical (unpaired) electrons. The van der Waals surface area contributed by atoms with Crippen molar-refractivity contribution >= 4 is 15.9 Å². The van der Waals surface area contributed by atoms with Crippen LogP contribution in [0.5, 0.6) is 11.6 Å². The summed E-state index contributed by atoms with van der Waals surface area (Å²) < 4.78 is 36.4. The van der Waals surface area contributed by atoms with Crippen LogP contribution in [-0.4, -0.2) is 32.2 Å². The number of carbonyl (C=O) groups is 1. The van der Waals surface area contributed by atoms with Gasteiger partial charge in [0.1, 0.15) is 12.4 Å². The number of carbonyl (C=O) groups excluding carboxylic acids is 1. The number of rotatable bonds is 10. The fourth-order valence-corrected chi connectivity index (χ4v) is 4.25. The van der Waals surface area contributed by atoms with E-state index in [-0.39, 0.29) is 5.56 Å². The zero-order chi connectivity index (χ0) is 24.4. The Morgan fingerprint density at radius 2 is 1.74 bits per heavy atom. The van der Waals surface area contributed by atoms with Crippen LogP contribution in [0.25, 0.3) is 11.1 Å². The first-order chi connectivity index (χ1) is 16.8. The summed E-state index contributed by atoms with van der Waals surface area (Å²) >= 11 is 0. The Morgan fingerprint density at radius 3 is 2.37 bits per heavy atom. The van der Waals surface area contributed by atoms with Gasteiger partial charge >= 0.3 is 0 Å². The van der Waals surface area contributed by atoms with E-state index in [9.17, 15) is 13.2 Å². The molecule has 1 amide bonds. The van der Waals surface area contributed by atoms with Gasteiger partial charge in [-0.1, -0.05) is 18.2 Å². The minimum Gasteiger partial charge on any atom is -0.489 e. The number of pyridine rings is 1. The zero-order valence-electron chi connectivity index (χ0n) is 19.6. The van der Waals surface area contributed by atoms with Gasteiger partial charge in [-0.25, -0.2) is 18.1 Å². The minimum atomic E-state index is -3.60. The van der Waals surface area contributed by atoms with Gasteiger partial charge in [0.05, 0.1) is 12.9 Å². The van der Waals surface area contributed by atoms with Crippen LogP contribution >= 0.6 is 0 Å². The summed E-state index contributed by atoms with van der Waals surface area (Å²) in [4.78, 5) is 16.5. The lowest BCUT2D eigenvalue weighted by Crippen LogP contribution is -2.29. The maximum Gasteiger partial charge on any atom is 0.264 e. The van der Waals surface area contributed by atoms with E-state index in [1.807, 2.05) is 29.1 Å². The Bertz CT molecular complexity index is 1310. The molecule has 0 bridgehead atoms. The first-order valence-electron chi connectivity index (χ1n) is 11.8. The van der Waals surface area contributed by atoms with Crippen molar-refractivity contribution in [2.75, 3.05) is 12.9 Å². The monoisotopic (exact) mass is 492 g/mol. The average Bonchev–Trinajstić information content (AvgIpc) is 3.75. The standard InChI is InChI=1S/C27H28N2O5S/c1-35(31,32)29-27(30)21-6-4-19(5-7-21)16-33-25-13-23(20-8-9-20)12-24(14-25)22-10-11-26(28-15-22)34-17-18-2-3-18/h4-7,10-15,18,20H,2-3,8-9,16-17H2,1H3,(H,29,30). The van der Waals surface area contributed by atoms with Crippen molar-refractivity contribution in [3.05, 3.63) is 77.5 Å². The highest BCUT2D eigenvalue weighted by Crippen LogP contribution is 2.43. The van der Waals surface area contributed by atoms with Crippen LogP contribution in [0.2, 0.25) is 0 Å². The van der Waals surface area contributed by atoms with Gasteiger partial charge in [-0.05, 0) is 84.5 Å². The lowest BCUT2D eigenvalue weighted by atomic mass is 10.0. The van der Waals surface area contributed by atoms with Crippen molar-refractivity contribution in [3.63, 3.8) is 0 Å². The number of aromatic nitrogens is 1. The van der Waals surface area contributed by atoms with E-state index >= 15 is 0 Å². The third kappa shape index (κ3) is 6.60. The minimum absolute atomic E-state index is 0.272. The molecule has 1 N–H and O–H groups in total. The summed E-state index contributed by atoms with van der Waals surface area (Å²) in [5.74, 6) is 2.03. The van der Waals surface area contributed by atoms with Gasteiger partial charge in [0.15, 0.2) is 0 Å². The van der Waals surface area contributed by atoms with Crippen LogP contribution in [0.1, 0.15) is 53.1 Å². The summed E-state index contributed by atoms with van der Waals surface area (Å²) in [7, 11) is -3.60. The van der Waals surface area contributed by atoms with Gasteiger partial charge in [0, 0.05) is 23.4 Å². The molecule has 35 heavy (non-hydrogen) atoms. The lowest BCUT2D eigenvalue weighted by molar-refractivity contribution is 0.0981. The smallest absolute Gasteiger partial charge is 0.264 e. The lowest BCUT2D eigenvalue weighted by Gasteiger charge is -2.12. The number of benzene rings is 2. The quantitative estimate of drug-likeness (QED) is 0.442. The number of hydrogen-bond donors (Lipinski definition) is 1. The maximum absolute atomic E-state index is 12.0. The maximum atomic E-state index is 12.0. The van der Waals surface area contributed by atoms with Gasteiger partial charge in [-0.3, -0.25) is 4.79 Å². The SMILES string of the molecule is CS(=O)(=O)NC(=O)c1ccc(COc2cc(-c3ccc(OCC4CC4)nc3)cc(C3CC3)c2)cc1. The fourth-order valence-electron chi connectivity index (χ4n) is 3.79. The topological polar surface area (TPSA) is 94.6 Å². The summed E-state index contributed by atoms with van der Waals surface area (Å²) in [5.41, 5.74) is 4.47. The molecule has 8 heteroatoms. The summed E-state index contributed by atoms with van der Waals surface area (Å²) in [6.45, 7) is 1.07. The molecule has 0 unspecified atom stereocenters. The van der Waals surface area contributed by atoms with Gasteiger partial charge in [0.2, 0.25) is 15.9 Å². The zero-order valence-corrected chi connectivity index (χ0v) is 20.4. The van der Waals surface area contributed by atoms with E-state index in [1.54, 1.807) is 24.3 Å². The Balaban J connectivity index is 1.27. The van der Waals surface area contributed by atoms with Crippen LogP contribution in [-0.2, 0) is 16.6 Å². The molecular formula is C27H28N2O5S. The predicted molar refractivity (Wildman–Crippen MR) is 133 cm³/mol. The molecule has 2 fully saturated rings. The number of hydrogen-bond acceptors (Lipinski definition) is 6. The van der Waals surface area contributed by atoms with Crippen molar-refractivity contribution in [3.8, 4) is 22.8 Å². The van der Waals surface area contributed by atoms with E-state index in [2.05, 4.69) is 17.1 Å². The summed E-state index contributed by atoms with van der Waals surface area (Å²) in [6.07, 6.45) is 7.66.